The quantitative estimate of drug-likeness (QED) is 0.708. The molecule has 3 aromatic rings. The van der Waals surface area contributed by atoms with Crippen LogP contribution in [0.5, 0.6) is 0 Å². The zero-order valence-corrected chi connectivity index (χ0v) is 11.8. The Balaban J connectivity index is 2.02. The van der Waals surface area contributed by atoms with Crippen molar-refractivity contribution in [1.29, 1.82) is 0 Å². The highest BCUT2D eigenvalue weighted by Gasteiger charge is 2.14. The van der Waals surface area contributed by atoms with Crippen LogP contribution in [0.1, 0.15) is 10.5 Å². The van der Waals surface area contributed by atoms with E-state index >= 15 is 0 Å². The minimum atomic E-state index is -0.341. The fourth-order valence-electron chi connectivity index (χ4n) is 2.15. The van der Waals surface area contributed by atoms with Crippen molar-refractivity contribution in [2.45, 2.75) is 0 Å². The van der Waals surface area contributed by atoms with Crippen LogP contribution in [-0.4, -0.2) is 10.9 Å². The Morgan fingerprint density at radius 1 is 1.10 bits per heavy atom. The number of rotatable bonds is 2. The predicted octanol–water partition coefficient (Wildman–Crippen LogP) is 3.72. The maximum Gasteiger partial charge on any atom is 0.274 e. The van der Waals surface area contributed by atoms with E-state index in [1.54, 1.807) is 24.4 Å². The molecule has 2 aromatic carbocycles. The number of carbonyl (C=O) groups is 1. The fourth-order valence-corrected chi connectivity index (χ4v) is 2.38. The molecule has 0 aliphatic heterocycles. The Kier molecular flexibility index (Phi) is 3.46. The van der Waals surface area contributed by atoms with Gasteiger partial charge < -0.3 is 11.1 Å². The van der Waals surface area contributed by atoms with Crippen LogP contribution in [0.4, 0.5) is 11.4 Å². The molecule has 0 atom stereocenters. The standard InChI is InChI=1S/C16H12ClN3O/c17-12-6-3-7-13(18)15(12)20-16(21)14-11-5-2-1-4-10(11)8-9-19-14/h1-9H,18H2,(H,20,21). The van der Waals surface area contributed by atoms with E-state index in [0.29, 0.717) is 22.1 Å². The number of halogens is 1. The lowest BCUT2D eigenvalue weighted by atomic mass is 10.1. The lowest BCUT2D eigenvalue weighted by Gasteiger charge is -2.10. The molecule has 1 heterocycles. The Morgan fingerprint density at radius 3 is 2.71 bits per heavy atom. The van der Waals surface area contributed by atoms with Gasteiger partial charge in [0.05, 0.1) is 16.4 Å². The molecule has 0 aliphatic rings. The van der Waals surface area contributed by atoms with E-state index in [1.807, 2.05) is 30.3 Å². The van der Waals surface area contributed by atoms with Gasteiger partial charge in [-0.05, 0) is 23.6 Å². The lowest BCUT2D eigenvalue weighted by Crippen LogP contribution is -2.15. The number of fused-ring (bicyclic) bond motifs is 1. The summed E-state index contributed by atoms with van der Waals surface area (Å²) in [4.78, 5) is 16.6. The second kappa shape index (κ2) is 5.42. The van der Waals surface area contributed by atoms with Gasteiger partial charge in [-0.2, -0.15) is 0 Å². The summed E-state index contributed by atoms with van der Waals surface area (Å²) in [6.07, 6.45) is 1.60. The number of hydrogen-bond donors (Lipinski definition) is 2. The van der Waals surface area contributed by atoms with E-state index in [0.717, 1.165) is 10.8 Å². The Morgan fingerprint density at radius 2 is 1.90 bits per heavy atom. The van der Waals surface area contributed by atoms with Crippen LogP contribution in [-0.2, 0) is 0 Å². The molecule has 0 aliphatic carbocycles. The molecule has 5 heteroatoms. The van der Waals surface area contributed by atoms with Gasteiger partial charge in [0.1, 0.15) is 5.69 Å². The number of nitrogens with two attached hydrogens (primary N) is 1. The van der Waals surface area contributed by atoms with Crippen molar-refractivity contribution >= 4 is 39.7 Å². The molecule has 0 fully saturated rings. The van der Waals surface area contributed by atoms with Crippen molar-refractivity contribution < 1.29 is 4.79 Å². The van der Waals surface area contributed by atoms with Gasteiger partial charge in [0.25, 0.3) is 5.91 Å². The number of benzene rings is 2. The number of hydrogen-bond acceptors (Lipinski definition) is 3. The number of amides is 1. The average molecular weight is 298 g/mol. The van der Waals surface area contributed by atoms with Crippen LogP contribution < -0.4 is 11.1 Å². The van der Waals surface area contributed by atoms with Gasteiger partial charge in [-0.1, -0.05) is 41.9 Å². The number of carbonyl (C=O) groups excluding carboxylic acids is 1. The summed E-state index contributed by atoms with van der Waals surface area (Å²) < 4.78 is 0. The van der Waals surface area contributed by atoms with Crippen molar-refractivity contribution in [3.63, 3.8) is 0 Å². The molecule has 4 nitrogen and oxygen atoms in total. The maximum atomic E-state index is 12.4. The predicted molar refractivity (Wildman–Crippen MR) is 85.6 cm³/mol. The summed E-state index contributed by atoms with van der Waals surface area (Å²) in [7, 11) is 0. The molecular formula is C16H12ClN3O. The van der Waals surface area contributed by atoms with E-state index in [9.17, 15) is 4.79 Å². The molecule has 0 bridgehead atoms. The summed E-state index contributed by atoms with van der Waals surface area (Å²) in [5.41, 5.74) is 7.00. The molecule has 3 rings (SSSR count). The Hall–Kier alpha value is -2.59. The van der Waals surface area contributed by atoms with Gasteiger partial charge in [-0.3, -0.25) is 9.78 Å². The van der Waals surface area contributed by atoms with Crippen LogP contribution in [0.25, 0.3) is 10.8 Å². The fraction of sp³-hybridized carbons (Fsp3) is 0. The SMILES string of the molecule is Nc1cccc(Cl)c1NC(=O)c1nccc2ccccc12. The third-order valence-corrected chi connectivity index (χ3v) is 3.49. The molecule has 0 saturated carbocycles. The van der Waals surface area contributed by atoms with E-state index in [1.165, 1.54) is 0 Å². The van der Waals surface area contributed by atoms with Crippen molar-refractivity contribution in [3.05, 3.63) is 65.4 Å². The molecule has 3 N–H and O–H groups in total. The lowest BCUT2D eigenvalue weighted by molar-refractivity contribution is 0.102. The largest absolute Gasteiger partial charge is 0.397 e. The summed E-state index contributed by atoms with van der Waals surface area (Å²) in [6.45, 7) is 0. The number of nitrogens with one attached hydrogen (secondary N) is 1. The first-order valence-electron chi connectivity index (χ1n) is 6.36. The topological polar surface area (TPSA) is 68.0 Å². The average Bonchev–Trinajstić information content (AvgIpc) is 2.50. The zero-order chi connectivity index (χ0) is 14.8. The minimum absolute atomic E-state index is 0.340. The summed E-state index contributed by atoms with van der Waals surface area (Å²) in [5.74, 6) is -0.341. The number of pyridine rings is 1. The zero-order valence-electron chi connectivity index (χ0n) is 11.0. The summed E-state index contributed by atoms with van der Waals surface area (Å²) in [5, 5.41) is 4.85. The van der Waals surface area contributed by atoms with Crippen molar-refractivity contribution in [3.8, 4) is 0 Å². The normalized spacial score (nSPS) is 10.5. The van der Waals surface area contributed by atoms with Gasteiger partial charge >= 0.3 is 0 Å². The molecule has 104 valence electrons. The molecule has 0 saturated heterocycles. The number of aromatic nitrogens is 1. The molecule has 0 spiro atoms. The summed E-state index contributed by atoms with van der Waals surface area (Å²) in [6, 6.07) is 14.5. The second-order valence-electron chi connectivity index (χ2n) is 4.54. The minimum Gasteiger partial charge on any atom is -0.397 e. The first-order chi connectivity index (χ1) is 10.2. The Bertz CT molecular complexity index is 807. The second-order valence-corrected chi connectivity index (χ2v) is 4.95. The van der Waals surface area contributed by atoms with Crippen molar-refractivity contribution in [2.75, 3.05) is 11.1 Å². The highest BCUT2D eigenvalue weighted by Crippen LogP contribution is 2.28. The first-order valence-corrected chi connectivity index (χ1v) is 6.73. The molecular weight excluding hydrogens is 286 g/mol. The van der Waals surface area contributed by atoms with E-state index in [4.69, 9.17) is 17.3 Å². The third-order valence-electron chi connectivity index (χ3n) is 3.17. The summed E-state index contributed by atoms with van der Waals surface area (Å²) >= 11 is 6.06. The van der Waals surface area contributed by atoms with Crippen LogP contribution in [0.2, 0.25) is 5.02 Å². The molecule has 1 amide bonds. The van der Waals surface area contributed by atoms with Crippen molar-refractivity contribution in [2.24, 2.45) is 0 Å². The van der Waals surface area contributed by atoms with Gasteiger partial charge in [-0.25, -0.2) is 0 Å². The number of para-hydroxylation sites is 1. The first kappa shape index (κ1) is 13.4. The van der Waals surface area contributed by atoms with Crippen LogP contribution >= 0.6 is 11.6 Å². The molecule has 0 unspecified atom stereocenters. The third kappa shape index (κ3) is 2.53. The number of anilines is 2. The van der Waals surface area contributed by atoms with Crippen LogP contribution in [0.3, 0.4) is 0 Å². The monoisotopic (exact) mass is 297 g/mol. The van der Waals surface area contributed by atoms with E-state index in [2.05, 4.69) is 10.3 Å². The van der Waals surface area contributed by atoms with Crippen LogP contribution in [0.15, 0.2) is 54.7 Å². The smallest absolute Gasteiger partial charge is 0.274 e. The van der Waals surface area contributed by atoms with Gasteiger partial charge in [0.2, 0.25) is 0 Å². The van der Waals surface area contributed by atoms with Gasteiger partial charge in [-0.15, -0.1) is 0 Å². The number of nitrogen functional groups attached to an aromatic ring is 1. The van der Waals surface area contributed by atoms with Crippen molar-refractivity contribution in [1.82, 2.24) is 4.98 Å². The molecule has 0 radical (unpaired) electrons. The highest BCUT2D eigenvalue weighted by atomic mass is 35.5. The number of nitrogens with zero attached hydrogens (tertiary/aromatic N) is 1. The van der Waals surface area contributed by atoms with E-state index < -0.39 is 0 Å². The van der Waals surface area contributed by atoms with Crippen LogP contribution in [0, 0.1) is 0 Å². The highest BCUT2D eigenvalue weighted by molar-refractivity contribution is 6.34. The Labute approximate surface area is 126 Å². The van der Waals surface area contributed by atoms with E-state index in [-0.39, 0.29) is 5.91 Å². The molecule has 21 heavy (non-hydrogen) atoms. The maximum absolute atomic E-state index is 12.4. The molecule has 1 aromatic heterocycles. The van der Waals surface area contributed by atoms with Gasteiger partial charge in [0, 0.05) is 11.6 Å². The van der Waals surface area contributed by atoms with Gasteiger partial charge in [0.15, 0.2) is 0 Å².